The maximum atomic E-state index is 3.65. The summed E-state index contributed by atoms with van der Waals surface area (Å²) in [5, 5.41) is 7.26. The minimum Gasteiger partial charge on any atom is -0.315 e. The Morgan fingerprint density at radius 2 is 2.21 bits per heavy atom. The van der Waals surface area contributed by atoms with Gasteiger partial charge in [-0.15, -0.1) is 0 Å². The topological polar surface area (TPSA) is 24.1 Å². The first-order valence-corrected chi connectivity index (χ1v) is 6.18. The summed E-state index contributed by atoms with van der Waals surface area (Å²) in [7, 11) is 0. The molecule has 2 atom stereocenters. The molecule has 0 spiro atoms. The van der Waals surface area contributed by atoms with Crippen molar-refractivity contribution in [1.29, 1.82) is 0 Å². The summed E-state index contributed by atoms with van der Waals surface area (Å²) < 4.78 is 0. The highest BCUT2D eigenvalue weighted by atomic mass is 15.1. The average molecular weight is 198 g/mol. The Bertz CT molecular complexity index is 150. The van der Waals surface area contributed by atoms with Gasteiger partial charge in [0, 0.05) is 12.1 Å². The summed E-state index contributed by atoms with van der Waals surface area (Å²) in [6.45, 7) is 10.4. The average Bonchev–Trinajstić information content (AvgIpc) is 2.67. The predicted molar refractivity (Wildman–Crippen MR) is 62.6 cm³/mol. The minimum absolute atomic E-state index is 0.410. The van der Waals surface area contributed by atoms with E-state index in [0.717, 1.165) is 12.5 Å². The minimum atomic E-state index is 0.410. The Morgan fingerprint density at radius 1 is 1.43 bits per heavy atom. The molecule has 1 heterocycles. The van der Waals surface area contributed by atoms with Crippen LogP contribution in [-0.4, -0.2) is 25.2 Å². The monoisotopic (exact) mass is 198 g/mol. The lowest BCUT2D eigenvalue weighted by Gasteiger charge is -2.29. The van der Waals surface area contributed by atoms with Crippen molar-refractivity contribution in [1.82, 2.24) is 10.6 Å². The van der Waals surface area contributed by atoms with Crippen molar-refractivity contribution in [3.63, 3.8) is 0 Å². The Balaban J connectivity index is 2.21. The normalized spacial score (nSPS) is 29.4. The molecule has 0 aliphatic carbocycles. The molecule has 0 aromatic carbocycles. The van der Waals surface area contributed by atoms with Crippen LogP contribution in [0.2, 0.25) is 0 Å². The molecule has 2 heteroatoms. The second-order valence-corrected chi connectivity index (χ2v) is 4.81. The second-order valence-electron chi connectivity index (χ2n) is 4.81. The lowest BCUT2D eigenvalue weighted by molar-refractivity contribution is 0.330. The van der Waals surface area contributed by atoms with E-state index >= 15 is 0 Å². The van der Waals surface area contributed by atoms with Crippen LogP contribution in [0.15, 0.2) is 0 Å². The van der Waals surface area contributed by atoms with E-state index in [1.54, 1.807) is 0 Å². The third-order valence-corrected chi connectivity index (χ3v) is 3.66. The van der Waals surface area contributed by atoms with Gasteiger partial charge in [0.05, 0.1) is 0 Å². The van der Waals surface area contributed by atoms with Crippen LogP contribution in [-0.2, 0) is 0 Å². The summed E-state index contributed by atoms with van der Waals surface area (Å²) in [6, 6.07) is 0. The van der Waals surface area contributed by atoms with E-state index in [2.05, 4.69) is 31.4 Å². The summed E-state index contributed by atoms with van der Waals surface area (Å²) in [5.74, 6) is 0.810. The first-order chi connectivity index (χ1) is 6.72. The molecule has 14 heavy (non-hydrogen) atoms. The number of hydrogen-bond donors (Lipinski definition) is 2. The highest BCUT2D eigenvalue weighted by Crippen LogP contribution is 2.21. The van der Waals surface area contributed by atoms with Crippen LogP contribution in [0.25, 0.3) is 0 Å². The number of hydrogen-bond acceptors (Lipinski definition) is 2. The summed E-state index contributed by atoms with van der Waals surface area (Å²) in [4.78, 5) is 0. The highest BCUT2D eigenvalue weighted by molar-refractivity contribution is 4.93. The molecular weight excluding hydrogens is 172 g/mol. The van der Waals surface area contributed by atoms with Crippen LogP contribution < -0.4 is 10.6 Å². The van der Waals surface area contributed by atoms with Crippen molar-refractivity contribution >= 4 is 0 Å². The Kier molecular flexibility index (Phi) is 4.90. The fourth-order valence-corrected chi connectivity index (χ4v) is 2.15. The Hall–Kier alpha value is -0.0800. The molecular formula is C12H26N2. The van der Waals surface area contributed by atoms with Crippen molar-refractivity contribution in [2.75, 3.05) is 19.6 Å². The molecule has 0 aromatic rings. The number of rotatable bonds is 6. The van der Waals surface area contributed by atoms with E-state index in [1.165, 1.54) is 38.8 Å². The van der Waals surface area contributed by atoms with E-state index in [9.17, 15) is 0 Å². The van der Waals surface area contributed by atoms with Gasteiger partial charge in [-0.1, -0.05) is 27.2 Å². The van der Waals surface area contributed by atoms with E-state index in [1.807, 2.05) is 0 Å². The SMILES string of the molecule is CCC(C)CNCC1(CC)CCCN1. The quantitative estimate of drug-likeness (QED) is 0.683. The van der Waals surface area contributed by atoms with Gasteiger partial charge in [-0.25, -0.2) is 0 Å². The van der Waals surface area contributed by atoms with Crippen molar-refractivity contribution < 1.29 is 0 Å². The van der Waals surface area contributed by atoms with Gasteiger partial charge in [0.15, 0.2) is 0 Å². The van der Waals surface area contributed by atoms with Gasteiger partial charge in [0.2, 0.25) is 0 Å². The Morgan fingerprint density at radius 3 is 2.71 bits per heavy atom. The molecule has 0 saturated carbocycles. The van der Waals surface area contributed by atoms with Crippen LogP contribution in [0.3, 0.4) is 0 Å². The standard InChI is InChI=1S/C12H26N2/c1-4-11(3)9-13-10-12(5-2)7-6-8-14-12/h11,13-14H,4-10H2,1-3H3. The van der Waals surface area contributed by atoms with E-state index < -0.39 is 0 Å². The second kappa shape index (κ2) is 5.72. The smallest absolute Gasteiger partial charge is 0.0304 e. The van der Waals surface area contributed by atoms with E-state index in [0.29, 0.717) is 5.54 Å². The van der Waals surface area contributed by atoms with Gasteiger partial charge in [0.1, 0.15) is 0 Å². The van der Waals surface area contributed by atoms with Crippen LogP contribution in [0.5, 0.6) is 0 Å². The number of nitrogens with one attached hydrogen (secondary N) is 2. The highest BCUT2D eigenvalue weighted by Gasteiger charge is 2.30. The molecule has 1 rings (SSSR count). The lowest BCUT2D eigenvalue weighted by atomic mass is 9.94. The van der Waals surface area contributed by atoms with Gasteiger partial charge in [-0.2, -0.15) is 0 Å². The first-order valence-electron chi connectivity index (χ1n) is 6.18. The third-order valence-electron chi connectivity index (χ3n) is 3.66. The molecule has 2 unspecified atom stereocenters. The van der Waals surface area contributed by atoms with Crippen molar-refractivity contribution in [3.05, 3.63) is 0 Å². The van der Waals surface area contributed by atoms with E-state index in [4.69, 9.17) is 0 Å². The zero-order valence-corrected chi connectivity index (χ0v) is 10.0. The van der Waals surface area contributed by atoms with Gasteiger partial charge >= 0.3 is 0 Å². The van der Waals surface area contributed by atoms with Crippen molar-refractivity contribution in [2.45, 2.75) is 52.0 Å². The Labute approximate surface area is 88.8 Å². The molecule has 2 N–H and O–H groups in total. The zero-order chi connectivity index (χ0) is 10.4. The van der Waals surface area contributed by atoms with Crippen LogP contribution in [0, 0.1) is 5.92 Å². The molecule has 1 aliphatic rings. The van der Waals surface area contributed by atoms with Crippen LogP contribution in [0.1, 0.15) is 46.5 Å². The molecule has 0 aromatic heterocycles. The van der Waals surface area contributed by atoms with Gasteiger partial charge in [-0.3, -0.25) is 0 Å². The molecule has 0 radical (unpaired) electrons. The van der Waals surface area contributed by atoms with Crippen LogP contribution in [0.4, 0.5) is 0 Å². The van der Waals surface area contributed by atoms with Gasteiger partial charge in [-0.05, 0) is 38.3 Å². The summed E-state index contributed by atoms with van der Waals surface area (Å²) in [6.07, 6.45) is 5.22. The molecule has 1 fully saturated rings. The maximum absolute atomic E-state index is 3.65. The third kappa shape index (κ3) is 3.25. The zero-order valence-electron chi connectivity index (χ0n) is 10.0. The molecule has 0 amide bonds. The van der Waals surface area contributed by atoms with Gasteiger partial charge < -0.3 is 10.6 Å². The molecule has 1 aliphatic heterocycles. The van der Waals surface area contributed by atoms with Crippen LogP contribution >= 0.6 is 0 Å². The molecule has 1 saturated heterocycles. The fraction of sp³-hybridized carbons (Fsp3) is 1.00. The largest absolute Gasteiger partial charge is 0.315 e. The summed E-state index contributed by atoms with van der Waals surface area (Å²) in [5.41, 5.74) is 0.410. The summed E-state index contributed by atoms with van der Waals surface area (Å²) >= 11 is 0. The molecule has 84 valence electrons. The molecule has 0 bridgehead atoms. The van der Waals surface area contributed by atoms with Crippen molar-refractivity contribution in [3.8, 4) is 0 Å². The predicted octanol–water partition coefficient (Wildman–Crippen LogP) is 2.15. The van der Waals surface area contributed by atoms with Crippen molar-refractivity contribution in [2.24, 2.45) is 5.92 Å². The van der Waals surface area contributed by atoms with E-state index in [-0.39, 0.29) is 0 Å². The molecule has 2 nitrogen and oxygen atoms in total. The fourth-order valence-electron chi connectivity index (χ4n) is 2.15. The first kappa shape index (κ1) is 12.0. The lowest BCUT2D eigenvalue weighted by Crippen LogP contribution is -2.48. The van der Waals surface area contributed by atoms with Gasteiger partial charge in [0.25, 0.3) is 0 Å². The maximum Gasteiger partial charge on any atom is 0.0304 e.